The van der Waals surface area contributed by atoms with Gasteiger partial charge in [-0.1, -0.05) is 6.07 Å². The van der Waals surface area contributed by atoms with Crippen LogP contribution in [0.5, 0.6) is 0 Å². The van der Waals surface area contributed by atoms with Crippen LogP contribution < -0.4 is 5.32 Å². The van der Waals surface area contributed by atoms with Crippen molar-refractivity contribution >= 4 is 39.1 Å². The third-order valence-corrected chi connectivity index (χ3v) is 5.64. The zero-order valence-electron chi connectivity index (χ0n) is 12.9. The van der Waals surface area contributed by atoms with Gasteiger partial charge in [-0.25, -0.2) is 4.79 Å². The van der Waals surface area contributed by atoms with Crippen LogP contribution in [0, 0.1) is 0 Å². The molecule has 122 valence electrons. The van der Waals surface area contributed by atoms with E-state index in [1.54, 1.807) is 12.1 Å². The Labute approximate surface area is 142 Å². The number of hydrogen-bond donors (Lipinski definition) is 3. The standard InChI is InChI=1S/C18H16N2O3S/c21-16(11-6-5-10-7-8-19-13(10)9-11)20-17-15(18(22)23)12-3-1-2-4-14(12)24-17/h5-9,19H,1-4H2,(H,20,21)(H,22,23). The molecule has 2 heterocycles. The first-order chi connectivity index (χ1) is 11.6. The van der Waals surface area contributed by atoms with E-state index in [1.807, 2.05) is 18.3 Å². The highest BCUT2D eigenvalue weighted by atomic mass is 32.1. The number of carbonyl (C=O) groups excluding carboxylic acids is 1. The summed E-state index contributed by atoms with van der Waals surface area (Å²) in [6.45, 7) is 0. The normalized spacial score (nSPS) is 13.7. The van der Waals surface area contributed by atoms with Crippen molar-refractivity contribution in [3.8, 4) is 0 Å². The minimum atomic E-state index is -0.968. The van der Waals surface area contributed by atoms with Gasteiger partial charge in [-0.2, -0.15) is 0 Å². The van der Waals surface area contributed by atoms with Crippen LogP contribution in [0.4, 0.5) is 5.00 Å². The number of fused-ring (bicyclic) bond motifs is 2. The van der Waals surface area contributed by atoms with Crippen LogP contribution >= 0.6 is 11.3 Å². The first kappa shape index (κ1) is 15.0. The van der Waals surface area contributed by atoms with Crippen LogP contribution in [-0.2, 0) is 12.8 Å². The lowest BCUT2D eigenvalue weighted by atomic mass is 9.95. The molecule has 1 aromatic carbocycles. The predicted octanol–water partition coefficient (Wildman–Crippen LogP) is 4.06. The molecular formula is C18H16N2O3S. The molecule has 4 rings (SSSR count). The zero-order valence-corrected chi connectivity index (χ0v) is 13.7. The van der Waals surface area contributed by atoms with Crippen LogP contribution in [0.2, 0.25) is 0 Å². The topological polar surface area (TPSA) is 82.2 Å². The van der Waals surface area contributed by atoms with Gasteiger partial charge in [-0.3, -0.25) is 4.79 Å². The monoisotopic (exact) mass is 340 g/mol. The Morgan fingerprint density at radius 1 is 1.17 bits per heavy atom. The number of aromatic nitrogens is 1. The summed E-state index contributed by atoms with van der Waals surface area (Å²) in [5, 5.41) is 13.8. The van der Waals surface area contributed by atoms with Gasteiger partial charge in [0.1, 0.15) is 5.00 Å². The average molecular weight is 340 g/mol. The second kappa shape index (κ2) is 5.79. The lowest BCUT2D eigenvalue weighted by molar-refractivity contribution is 0.0697. The second-order valence-corrected chi connectivity index (χ2v) is 7.06. The van der Waals surface area contributed by atoms with E-state index in [1.165, 1.54) is 11.3 Å². The summed E-state index contributed by atoms with van der Waals surface area (Å²) in [6.07, 6.45) is 5.56. The quantitative estimate of drug-likeness (QED) is 0.672. The molecule has 0 saturated heterocycles. The zero-order chi connectivity index (χ0) is 16.7. The van der Waals surface area contributed by atoms with Gasteiger partial charge in [0, 0.05) is 22.2 Å². The number of rotatable bonds is 3. The third kappa shape index (κ3) is 2.49. The Balaban J connectivity index is 1.68. The Morgan fingerprint density at radius 3 is 2.83 bits per heavy atom. The second-order valence-electron chi connectivity index (χ2n) is 5.95. The van der Waals surface area contributed by atoms with E-state index in [0.717, 1.165) is 47.0 Å². The number of benzene rings is 1. The summed E-state index contributed by atoms with van der Waals surface area (Å²) in [5.74, 6) is -1.25. The molecule has 0 saturated carbocycles. The van der Waals surface area contributed by atoms with Gasteiger partial charge in [-0.05, 0) is 54.8 Å². The van der Waals surface area contributed by atoms with E-state index in [4.69, 9.17) is 0 Å². The van der Waals surface area contributed by atoms with Crippen molar-refractivity contribution in [2.45, 2.75) is 25.7 Å². The van der Waals surface area contributed by atoms with Crippen molar-refractivity contribution in [3.05, 3.63) is 52.0 Å². The number of amides is 1. The molecule has 1 amide bonds. The Morgan fingerprint density at radius 2 is 2.00 bits per heavy atom. The summed E-state index contributed by atoms with van der Waals surface area (Å²) in [7, 11) is 0. The highest BCUT2D eigenvalue weighted by Crippen LogP contribution is 2.38. The van der Waals surface area contributed by atoms with Gasteiger partial charge in [0.25, 0.3) is 5.91 Å². The third-order valence-electron chi connectivity index (χ3n) is 4.43. The fourth-order valence-electron chi connectivity index (χ4n) is 3.24. The molecule has 6 heteroatoms. The number of hydrogen-bond acceptors (Lipinski definition) is 3. The number of carbonyl (C=O) groups is 2. The van der Waals surface area contributed by atoms with Crippen molar-refractivity contribution in [1.29, 1.82) is 0 Å². The van der Waals surface area contributed by atoms with E-state index in [2.05, 4.69) is 10.3 Å². The number of thiophene rings is 1. The van der Waals surface area contributed by atoms with Crippen LogP contribution in [0.25, 0.3) is 10.9 Å². The molecular weight excluding hydrogens is 324 g/mol. The smallest absolute Gasteiger partial charge is 0.339 e. The number of aromatic carboxylic acids is 1. The fraction of sp³-hybridized carbons (Fsp3) is 0.222. The van der Waals surface area contributed by atoms with E-state index in [-0.39, 0.29) is 11.5 Å². The van der Waals surface area contributed by atoms with E-state index < -0.39 is 5.97 Å². The number of aryl methyl sites for hydroxylation is 1. The largest absolute Gasteiger partial charge is 0.478 e. The molecule has 3 N–H and O–H groups in total. The van der Waals surface area contributed by atoms with Crippen molar-refractivity contribution in [2.75, 3.05) is 5.32 Å². The summed E-state index contributed by atoms with van der Waals surface area (Å²) < 4.78 is 0. The molecule has 24 heavy (non-hydrogen) atoms. The molecule has 0 unspecified atom stereocenters. The van der Waals surface area contributed by atoms with E-state index >= 15 is 0 Å². The highest BCUT2D eigenvalue weighted by molar-refractivity contribution is 7.17. The molecule has 0 aliphatic heterocycles. The summed E-state index contributed by atoms with van der Waals surface area (Å²) >= 11 is 1.40. The molecule has 1 aliphatic carbocycles. The van der Waals surface area contributed by atoms with E-state index in [0.29, 0.717) is 10.6 Å². The molecule has 0 bridgehead atoms. The average Bonchev–Trinajstić information content (AvgIpc) is 3.17. The molecule has 0 radical (unpaired) electrons. The van der Waals surface area contributed by atoms with Gasteiger partial charge in [0.2, 0.25) is 0 Å². The molecule has 1 aliphatic rings. The number of anilines is 1. The number of carboxylic acids is 1. The number of nitrogens with one attached hydrogen (secondary N) is 2. The van der Waals surface area contributed by atoms with Crippen molar-refractivity contribution < 1.29 is 14.7 Å². The van der Waals surface area contributed by atoms with Crippen LogP contribution in [0.15, 0.2) is 30.5 Å². The molecule has 0 spiro atoms. The van der Waals surface area contributed by atoms with Gasteiger partial charge in [-0.15, -0.1) is 11.3 Å². The van der Waals surface area contributed by atoms with Crippen LogP contribution in [0.3, 0.4) is 0 Å². The van der Waals surface area contributed by atoms with Gasteiger partial charge < -0.3 is 15.4 Å². The highest BCUT2D eigenvalue weighted by Gasteiger charge is 2.26. The lowest BCUT2D eigenvalue weighted by Crippen LogP contribution is -2.14. The van der Waals surface area contributed by atoms with Crippen molar-refractivity contribution in [2.24, 2.45) is 0 Å². The minimum Gasteiger partial charge on any atom is -0.478 e. The van der Waals surface area contributed by atoms with Gasteiger partial charge >= 0.3 is 5.97 Å². The van der Waals surface area contributed by atoms with E-state index in [9.17, 15) is 14.7 Å². The number of aromatic amines is 1. The minimum absolute atomic E-state index is 0.268. The summed E-state index contributed by atoms with van der Waals surface area (Å²) in [5.41, 5.74) is 2.55. The fourth-order valence-corrected chi connectivity index (χ4v) is 4.52. The predicted molar refractivity (Wildman–Crippen MR) is 94.2 cm³/mol. The first-order valence-corrected chi connectivity index (χ1v) is 8.71. The van der Waals surface area contributed by atoms with Gasteiger partial charge in [0.05, 0.1) is 5.56 Å². The summed E-state index contributed by atoms with van der Waals surface area (Å²) in [4.78, 5) is 28.4. The molecule has 5 nitrogen and oxygen atoms in total. The first-order valence-electron chi connectivity index (χ1n) is 7.90. The number of H-pyrrole nitrogens is 1. The van der Waals surface area contributed by atoms with Crippen molar-refractivity contribution in [1.82, 2.24) is 4.98 Å². The maximum Gasteiger partial charge on any atom is 0.339 e. The Kier molecular flexibility index (Phi) is 3.61. The summed E-state index contributed by atoms with van der Waals surface area (Å²) in [6, 6.07) is 7.34. The maximum atomic E-state index is 12.6. The van der Waals surface area contributed by atoms with Gasteiger partial charge in [0.15, 0.2) is 0 Å². The number of carboxylic acid groups (broad SMARTS) is 1. The SMILES string of the molecule is O=C(Nc1sc2c(c1C(=O)O)CCCC2)c1ccc2cc[nH]c2c1. The molecule has 0 fully saturated rings. The van der Waals surface area contributed by atoms with Crippen LogP contribution in [0.1, 0.15) is 44.0 Å². The Hall–Kier alpha value is -2.60. The maximum absolute atomic E-state index is 12.6. The Bertz CT molecular complexity index is 954. The molecule has 0 atom stereocenters. The molecule has 2 aromatic heterocycles. The lowest BCUT2D eigenvalue weighted by Gasteiger charge is -2.10. The van der Waals surface area contributed by atoms with Crippen molar-refractivity contribution in [3.63, 3.8) is 0 Å². The van der Waals surface area contributed by atoms with Crippen LogP contribution in [-0.4, -0.2) is 22.0 Å². The molecule has 3 aromatic rings.